The van der Waals surface area contributed by atoms with E-state index in [1.807, 2.05) is 12.1 Å². The molecule has 0 saturated carbocycles. The molecule has 0 spiro atoms. The third kappa shape index (κ3) is 2.28. The van der Waals surface area contributed by atoms with Crippen LogP contribution in [0.2, 0.25) is 10.0 Å². The number of aliphatic hydroxyl groups excluding tert-OH is 1. The summed E-state index contributed by atoms with van der Waals surface area (Å²) >= 11 is 12.1. The SMILES string of the molecule is OC[C@H]1CNC[C@@H]1c1cc(Cl)ccc1Cl. The zero-order chi connectivity index (χ0) is 10.8. The second kappa shape index (κ2) is 4.71. The fraction of sp³-hybridized carbons (Fsp3) is 0.455. The molecule has 0 bridgehead atoms. The Morgan fingerprint density at radius 2 is 2.13 bits per heavy atom. The van der Waals surface area contributed by atoms with Gasteiger partial charge in [-0.3, -0.25) is 0 Å². The topological polar surface area (TPSA) is 32.3 Å². The van der Waals surface area contributed by atoms with E-state index in [9.17, 15) is 5.11 Å². The molecular weight excluding hydrogens is 233 g/mol. The molecule has 15 heavy (non-hydrogen) atoms. The maximum Gasteiger partial charge on any atom is 0.0477 e. The van der Waals surface area contributed by atoms with E-state index in [0.29, 0.717) is 5.02 Å². The van der Waals surface area contributed by atoms with Gasteiger partial charge in [0.2, 0.25) is 0 Å². The van der Waals surface area contributed by atoms with Crippen LogP contribution >= 0.6 is 23.2 Å². The van der Waals surface area contributed by atoms with Crippen molar-refractivity contribution in [2.24, 2.45) is 5.92 Å². The second-order valence-corrected chi connectivity index (χ2v) is 4.72. The fourth-order valence-corrected chi connectivity index (χ4v) is 2.53. The minimum absolute atomic E-state index is 0.181. The lowest BCUT2D eigenvalue weighted by Gasteiger charge is -2.18. The molecule has 82 valence electrons. The van der Waals surface area contributed by atoms with Crippen LogP contribution in [0.25, 0.3) is 0 Å². The molecule has 2 atom stereocenters. The molecular formula is C11H13Cl2NO. The Bertz CT molecular complexity index is 356. The van der Waals surface area contributed by atoms with Crippen molar-refractivity contribution in [3.05, 3.63) is 33.8 Å². The quantitative estimate of drug-likeness (QED) is 0.839. The molecule has 1 saturated heterocycles. The van der Waals surface area contributed by atoms with Crippen molar-refractivity contribution < 1.29 is 5.11 Å². The highest BCUT2D eigenvalue weighted by Gasteiger charge is 2.29. The number of halogens is 2. The molecule has 0 unspecified atom stereocenters. The summed E-state index contributed by atoms with van der Waals surface area (Å²) in [5, 5.41) is 13.9. The lowest BCUT2D eigenvalue weighted by Crippen LogP contribution is -2.15. The number of nitrogens with one attached hydrogen (secondary N) is 1. The molecule has 0 aromatic heterocycles. The van der Waals surface area contributed by atoms with Crippen molar-refractivity contribution in [1.29, 1.82) is 0 Å². The van der Waals surface area contributed by atoms with Crippen LogP contribution in [0.4, 0.5) is 0 Å². The first kappa shape index (κ1) is 11.2. The van der Waals surface area contributed by atoms with Gasteiger partial charge in [-0.2, -0.15) is 0 Å². The van der Waals surface area contributed by atoms with Crippen LogP contribution in [0.15, 0.2) is 18.2 Å². The Hall–Kier alpha value is -0.280. The highest BCUT2D eigenvalue weighted by atomic mass is 35.5. The van der Waals surface area contributed by atoms with Crippen LogP contribution in [0.5, 0.6) is 0 Å². The van der Waals surface area contributed by atoms with Gasteiger partial charge in [-0.05, 0) is 23.8 Å². The molecule has 1 heterocycles. The average molecular weight is 246 g/mol. The molecule has 0 amide bonds. The fourth-order valence-electron chi connectivity index (χ4n) is 2.09. The first-order valence-corrected chi connectivity index (χ1v) is 5.74. The smallest absolute Gasteiger partial charge is 0.0477 e. The number of rotatable bonds is 2. The third-order valence-electron chi connectivity index (χ3n) is 2.93. The van der Waals surface area contributed by atoms with Gasteiger partial charge in [0.05, 0.1) is 0 Å². The third-order valence-corrected chi connectivity index (χ3v) is 3.51. The van der Waals surface area contributed by atoms with Gasteiger partial charge in [0, 0.05) is 41.6 Å². The Kier molecular flexibility index (Phi) is 3.52. The summed E-state index contributed by atoms with van der Waals surface area (Å²) < 4.78 is 0. The zero-order valence-corrected chi connectivity index (χ0v) is 9.72. The summed E-state index contributed by atoms with van der Waals surface area (Å²) in [6, 6.07) is 5.49. The van der Waals surface area contributed by atoms with Gasteiger partial charge < -0.3 is 10.4 Å². The molecule has 2 rings (SSSR count). The largest absolute Gasteiger partial charge is 0.396 e. The van der Waals surface area contributed by atoms with E-state index in [1.165, 1.54) is 0 Å². The lowest BCUT2D eigenvalue weighted by atomic mass is 9.89. The predicted molar refractivity (Wildman–Crippen MR) is 62.6 cm³/mol. The van der Waals surface area contributed by atoms with Crippen LogP contribution in [0.3, 0.4) is 0 Å². The molecule has 1 fully saturated rings. The zero-order valence-electron chi connectivity index (χ0n) is 8.21. The van der Waals surface area contributed by atoms with Crippen molar-refractivity contribution in [1.82, 2.24) is 5.32 Å². The van der Waals surface area contributed by atoms with Crippen molar-refractivity contribution in [3.63, 3.8) is 0 Å². The lowest BCUT2D eigenvalue weighted by molar-refractivity contribution is 0.226. The van der Waals surface area contributed by atoms with E-state index in [0.717, 1.165) is 23.7 Å². The van der Waals surface area contributed by atoms with Gasteiger partial charge in [-0.25, -0.2) is 0 Å². The van der Waals surface area contributed by atoms with Crippen LogP contribution in [0.1, 0.15) is 11.5 Å². The minimum Gasteiger partial charge on any atom is -0.396 e. The molecule has 2 N–H and O–H groups in total. The molecule has 4 heteroatoms. The molecule has 1 aromatic carbocycles. The highest BCUT2D eigenvalue weighted by Crippen LogP contribution is 2.34. The standard InChI is InChI=1S/C11H13Cl2NO/c12-8-1-2-11(13)9(3-8)10-5-14-4-7(10)6-15/h1-3,7,10,14-15H,4-6H2/t7-,10+/m1/s1. The monoisotopic (exact) mass is 245 g/mol. The van der Waals surface area contributed by atoms with E-state index in [2.05, 4.69) is 5.32 Å². The van der Waals surface area contributed by atoms with Crippen LogP contribution in [0, 0.1) is 5.92 Å². The average Bonchev–Trinajstić information content (AvgIpc) is 2.69. The van der Waals surface area contributed by atoms with Crippen molar-refractivity contribution >= 4 is 23.2 Å². The summed E-state index contributed by atoms with van der Waals surface area (Å²) in [6.45, 7) is 1.87. The van der Waals surface area contributed by atoms with Crippen LogP contribution in [-0.4, -0.2) is 24.8 Å². The first-order valence-electron chi connectivity index (χ1n) is 4.99. The Morgan fingerprint density at radius 3 is 2.87 bits per heavy atom. The van der Waals surface area contributed by atoms with Gasteiger partial charge in [0.25, 0.3) is 0 Å². The maximum atomic E-state index is 9.24. The predicted octanol–water partition coefficient (Wildman–Crippen LogP) is 2.29. The maximum absolute atomic E-state index is 9.24. The Labute approximate surface area is 99.2 Å². The van der Waals surface area contributed by atoms with Gasteiger partial charge in [0.15, 0.2) is 0 Å². The summed E-state index contributed by atoms with van der Waals surface area (Å²) in [5.74, 6) is 0.502. The Morgan fingerprint density at radius 1 is 1.33 bits per heavy atom. The van der Waals surface area contributed by atoms with Gasteiger partial charge in [-0.15, -0.1) is 0 Å². The van der Waals surface area contributed by atoms with Gasteiger partial charge in [0.1, 0.15) is 0 Å². The highest BCUT2D eigenvalue weighted by molar-refractivity contribution is 6.33. The molecule has 0 aliphatic carbocycles. The molecule has 1 aliphatic rings. The number of aliphatic hydroxyl groups is 1. The van der Waals surface area contributed by atoms with Gasteiger partial charge >= 0.3 is 0 Å². The number of benzene rings is 1. The van der Waals surface area contributed by atoms with E-state index < -0.39 is 0 Å². The first-order chi connectivity index (χ1) is 7.22. The summed E-state index contributed by atoms with van der Waals surface area (Å²) in [5.41, 5.74) is 1.04. The van der Waals surface area contributed by atoms with Gasteiger partial charge in [-0.1, -0.05) is 23.2 Å². The van der Waals surface area contributed by atoms with E-state index >= 15 is 0 Å². The summed E-state index contributed by atoms with van der Waals surface area (Å²) in [7, 11) is 0. The molecule has 1 aliphatic heterocycles. The van der Waals surface area contributed by atoms with E-state index in [4.69, 9.17) is 23.2 Å². The minimum atomic E-state index is 0.181. The van der Waals surface area contributed by atoms with Crippen molar-refractivity contribution in [3.8, 4) is 0 Å². The Balaban J connectivity index is 2.31. The normalized spacial score (nSPS) is 25.8. The van der Waals surface area contributed by atoms with Crippen molar-refractivity contribution in [2.45, 2.75) is 5.92 Å². The number of hydrogen-bond acceptors (Lipinski definition) is 2. The summed E-state index contributed by atoms with van der Waals surface area (Å²) in [4.78, 5) is 0. The molecule has 2 nitrogen and oxygen atoms in total. The van der Waals surface area contributed by atoms with Crippen LogP contribution in [-0.2, 0) is 0 Å². The van der Waals surface area contributed by atoms with Crippen molar-refractivity contribution in [2.75, 3.05) is 19.7 Å². The summed E-state index contributed by atoms with van der Waals surface area (Å²) in [6.07, 6.45) is 0. The van der Waals surface area contributed by atoms with Crippen LogP contribution < -0.4 is 5.32 Å². The van der Waals surface area contributed by atoms with E-state index in [1.54, 1.807) is 6.07 Å². The second-order valence-electron chi connectivity index (χ2n) is 3.87. The molecule has 0 radical (unpaired) electrons. The number of hydrogen-bond donors (Lipinski definition) is 2. The van der Waals surface area contributed by atoms with E-state index in [-0.39, 0.29) is 18.4 Å². The molecule has 1 aromatic rings.